The van der Waals surface area contributed by atoms with Crippen molar-refractivity contribution in [3.63, 3.8) is 0 Å². The van der Waals surface area contributed by atoms with E-state index in [4.69, 9.17) is 0 Å². The lowest BCUT2D eigenvalue weighted by Gasteiger charge is -2.17. The third-order valence-electron chi connectivity index (χ3n) is 3.06. The normalized spacial score (nSPS) is 11.9. The van der Waals surface area contributed by atoms with Crippen LogP contribution in [0.2, 0.25) is 0 Å². The van der Waals surface area contributed by atoms with E-state index in [2.05, 4.69) is 20.8 Å². The number of aliphatic hydroxyl groups excluding tert-OH is 1. The molecule has 0 spiro atoms. The van der Waals surface area contributed by atoms with Crippen molar-refractivity contribution < 1.29 is 9.90 Å². The quantitative estimate of drug-likeness (QED) is 0.661. The highest BCUT2D eigenvalue weighted by atomic mass is 16.3. The minimum absolute atomic E-state index is 0.151. The number of amides is 2. The molecule has 0 bridgehead atoms. The highest BCUT2D eigenvalue weighted by Crippen LogP contribution is 2.11. The van der Waals surface area contributed by atoms with Gasteiger partial charge in [0.1, 0.15) is 0 Å². The van der Waals surface area contributed by atoms with Crippen molar-refractivity contribution in [2.45, 2.75) is 19.5 Å². The molecule has 2 rings (SSSR count). The zero-order chi connectivity index (χ0) is 14.4. The molecule has 6 nitrogen and oxygen atoms in total. The summed E-state index contributed by atoms with van der Waals surface area (Å²) in [4.78, 5) is 11.8. The van der Waals surface area contributed by atoms with Gasteiger partial charge in [0.15, 0.2) is 0 Å². The fourth-order valence-corrected chi connectivity index (χ4v) is 1.86. The maximum absolute atomic E-state index is 11.8. The molecule has 0 radical (unpaired) electrons. The first kappa shape index (κ1) is 14.1. The molecule has 1 aromatic heterocycles. The van der Waals surface area contributed by atoms with Crippen LogP contribution in [-0.2, 0) is 6.54 Å². The van der Waals surface area contributed by atoms with Gasteiger partial charge in [0.25, 0.3) is 0 Å². The van der Waals surface area contributed by atoms with E-state index in [9.17, 15) is 9.90 Å². The van der Waals surface area contributed by atoms with E-state index in [1.807, 2.05) is 37.3 Å². The van der Waals surface area contributed by atoms with Crippen molar-refractivity contribution >= 4 is 6.03 Å². The number of aromatic nitrogens is 2. The lowest BCUT2D eigenvalue weighted by atomic mass is 10.1. The summed E-state index contributed by atoms with van der Waals surface area (Å²) in [7, 11) is 0. The van der Waals surface area contributed by atoms with Gasteiger partial charge in [-0.2, -0.15) is 5.10 Å². The molecule has 0 saturated heterocycles. The number of nitrogens with zero attached hydrogens (tertiary/aromatic N) is 1. The number of aromatic amines is 1. The van der Waals surface area contributed by atoms with Crippen LogP contribution in [-0.4, -0.2) is 27.9 Å². The van der Waals surface area contributed by atoms with Gasteiger partial charge < -0.3 is 15.7 Å². The highest BCUT2D eigenvalue weighted by Gasteiger charge is 2.13. The molecule has 1 heterocycles. The minimum atomic E-state index is -0.415. The summed E-state index contributed by atoms with van der Waals surface area (Å²) in [6.07, 6.45) is 1.68. The van der Waals surface area contributed by atoms with Crippen LogP contribution in [0.4, 0.5) is 4.79 Å². The van der Waals surface area contributed by atoms with Crippen LogP contribution in [0.15, 0.2) is 36.5 Å². The Morgan fingerprint density at radius 1 is 1.40 bits per heavy atom. The molecule has 20 heavy (non-hydrogen) atoms. The topological polar surface area (TPSA) is 90.0 Å². The Hall–Kier alpha value is -2.34. The lowest BCUT2D eigenvalue weighted by molar-refractivity contribution is 0.216. The molecule has 1 aromatic carbocycles. The van der Waals surface area contributed by atoms with Crippen molar-refractivity contribution in [2.24, 2.45) is 0 Å². The molecule has 0 aliphatic carbocycles. The molecule has 6 heteroatoms. The Morgan fingerprint density at radius 3 is 2.75 bits per heavy atom. The number of aliphatic hydroxyl groups is 1. The van der Waals surface area contributed by atoms with Gasteiger partial charge in [-0.3, -0.25) is 5.10 Å². The third kappa shape index (κ3) is 3.58. The first-order valence-electron chi connectivity index (χ1n) is 6.39. The number of aryl methyl sites for hydroxylation is 1. The van der Waals surface area contributed by atoms with Crippen molar-refractivity contribution in [2.75, 3.05) is 6.61 Å². The van der Waals surface area contributed by atoms with E-state index < -0.39 is 6.04 Å². The Labute approximate surface area is 117 Å². The average molecular weight is 274 g/mol. The van der Waals surface area contributed by atoms with Gasteiger partial charge in [-0.25, -0.2) is 4.79 Å². The van der Waals surface area contributed by atoms with Gasteiger partial charge in [-0.1, -0.05) is 30.3 Å². The maximum atomic E-state index is 11.8. The van der Waals surface area contributed by atoms with Crippen LogP contribution in [0.3, 0.4) is 0 Å². The maximum Gasteiger partial charge on any atom is 0.315 e. The molecule has 1 atom stereocenters. The molecule has 106 valence electrons. The van der Waals surface area contributed by atoms with Gasteiger partial charge in [0.05, 0.1) is 18.8 Å². The molecule has 0 saturated carbocycles. The predicted molar refractivity (Wildman–Crippen MR) is 75.0 cm³/mol. The molecule has 4 N–H and O–H groups in total. The number of carbonyl (C=O) groups is 1. The molecule has 0 unspecified atom stereocenters. The van der Waals surface area contributed by atoms with Crippen LogP contribution in [0.1, 0.15) is 22.9 Å². The number of hydrogen-bond acceptors (Lipinski definition) is 3. The van der Waals surface area contributed by atoms with E-state index >= 15 is 0 Å². The largest absolute Gasteiger partial charge is 0.394 e. The molecule has 0 aliphatic heterocycles. The van der Waals surface area contributed by atoms with Crippen molar-refractivity contribution in [1.82, 2.24) is 20.8 Å². The van der Waals surface area contributed by atoms with Crippen molar-refractivity contribution in [3.05, 3.63) is 53.3 Å². The second-order valence-corrected chi connectivity index (χ2v) is 4.49. The molecule has 0 aliphatic rings. The van der Waals surface area contributed by atoms with Gasteiger partial charge in [0.2, 0.25) is 0 Å². The van der Waals surface area contributed by atoms with E-state index in [1.54, 1.807) is 6.20 Å². The van der Waals surface area contributed by atoms with Crippen molar-refractivity contribution in [1.29, 1.82) is 0 Å². The first-order chi connectivity index (χ1) is 9.70. The van der Waals surface area contributed by atoms with Crippen LogP contribution in [0, 0.1) is 6.92 Å². The average Bonchev–Trinajstić information content (AvgIpc) is 2.89. The second kappa shape index (κ2) is 6.72. The Kier molecular flexibility index (Phi) is 4.73. The summed E-state index contributed by atoms with van der Waals surface area (Å²) < 4.78 is 0. The minimum Gasteiger partial charge on any atom is -0.394 e. The second-order valence-electron chi connectivity index (χ2n) is 4.49. The van der Waals surface area contributed by atoms with E-state index in [-0.39, 0.29) is 12.6 Å². The van der Waals surface area contributed by atoms with E-state index in [0.717, 1.165) is 16.8 Å². The van der Waals surface area contributed by atoms with Crippen LogP contribution in [0.25, 0.3) is 0 Å². The summed E-state index contributed by atoms with van der Waals surface area (Å²) in [5.41, 5.74) is 2.72. The van der Waals surface area contributed by atoms with Gasteiger partial charge in [-0.15, -0.1) is 0 Å². The number of carbonyl (C=O) groups excluding carboxylic acids is 1. The Bertz CT molecular complexity index is 553. The first-order valence-corrected chi connectivity index (χ1v) is 6.39. The molecular weight excluding hydrogens is 256 g/mol. The number of H-pyrrole nitrogens is 1. The van der Waals surface area contributed by atoms with Crippen LogP contribution in [0.5, 0.6) is 0 Å². The van der Waals surface area contributed by atoms with E-state index in [0.29, 0.717) is 6.54 Å². The summed E-state index contributed by atoms with van der Waals surface area (Å²) in [6.45, 7) is 2.13. The zero-order valence-corrected chi connectivity index (χ0v) is 11.3. The number of rotatable bonds is 5. The third-order valence-corrected chi connectivity index (χ3v) is 3.06. The summed E-state index contributed by atoms with van der Waals surface area (Å²) in [5.74, 6) is 0. The molecular formula is C14H18N4O2. The van der Waals surface area contributed by atoms with Gasteiger partial charge >= 0.3 is 6.03 Å². The summed E-state index contributed by atoms with van der Waals surface area (Å²) in [5, 5.41) is 21.5. The smallest absolute Gasteiger partial charge is 0.315 e. The SMILES string of the molecule is Cc1[nH]ncc1CNC(=O)N[C@@H](CO)c1ccccc1. The molecule has 2 aromatic rings. The Balaban J connectivity index is 1.88. The molecule has 0 fully saturated rings. The summed E-state index contributed by atoms with van der Waals surface area (Å²) >= 11 is 0. The number of hydrogen-bond donors (Lipinski definition) is 4. The summed E-state index contributed by atoms with van der Waals surface area (Å²) in [6, 6.07) is 8.61. The number of benzene rings is 1. The monoisotopic (exact) mass is 274 g/mol. The fourth-order valence-electron chi connectivity index (χ4n) is 1.86. The standard InChI is InChI=1S/C14H18N4O2/c1-10-12(8-16-18-10)7-15-14(20)17-13(9-19)11-5-3-2-4-6-11/h2-6,8,13,19H,7,9H2,1H3,(H,16,18)(H2,15,17,20)/t13-/m0/s1. The zero-order valence-electron chi connectivity index (χ0n) is 11.3. The van der Waals surface area contributed by atoms with Gasteiger partial charge in [-0.05, 0) is 12.5 Å². The van der Waals surface area contributed by atoms with Crippen LogP contribution >= 0.6 is 0 Å². The fraction of sp³-hybridized carbons (Fsp3) is 0.286. The Morgan fingerprint density at radius 2 is 2.15 bits per heavy atom. The molecule has 2 amide bonds. The van der Waals surface area contributed by atoms with Crippen LogP contribution < -0.4 is 10.6 Å². The number of urea groups is 1. The lowest BCUT2D eigenvalue weighted by Crippen LogP contribution is -2.38. The van der Waals surface area contributed by atoms with Crippen molar-refractivity contribution in [3.8, 4) is 0 Å². The predicted octanol–water partition coefficient (Wildman–Crippen LogP) is 1.25. The number of nitrogens with one attached hydrogen (secondary N) is 3. The highest BCUT2D eigenvalue weighted by molar-refractivity contribution is 5.74. The van der Waals surface area contributed by atoms with E-state index in [1.165, 1.54) is 0 Å². The van der Waals surface area contributed by atoms with Gasteiger partial charge in [0, 0.05) is 17.8 Å².